The van der Waals surface area contributed by atoms with Gasteiger partial charge >= 0.3 is 0 Å². The number of aryl methyl sites for hydroxylation is 1. The molecule has 0 saturated heterocycles. The number of imidazole rings is 1. The van der Waals surface area contributed by atoms with E-state index < -0.39 is 0 Å². The van der Waals surface area contributed by atoms with Gasteiger partial charge in [0.1, 0.15) is 11.9 Å². The third-order valence-electron chi connectivity index (χ3n) is 3.50. The maximum Gasteiger partial charge on any atom is 0.225 e. The molecule has 0 bridgehead atoms. The second-order valence-electron chi connectivity index (χ2n) is 5.12. The van der Waals surface area contributed by atoms with Crippen LogP contribution >= 0.6 is 11.3 Å². The molecule has 0 aliphatic heterocycles. The Morgan fingerprint density at radius 3 is 2.77 bits per heavy atom. The van der Waals surface area contributed by atoms with Crippen LogP contribution in [-0.2, 0) is 18.3 Å². The summed E-state index contributed by atoms with van der Waals surface area (Å²) in [5, 5.41) is 7.08. The maximum atomic E-state index is 12.4. The van der Waals surface area contributed by atoms with Crippen molar-refractivity contribution in [3.8, 4) is 0 Å². The molecule has 1 N–H and O–H groups in total. The zero-order chi connectivity index (χ0) is 15.4. The van der Waals surface area contributed by atoms with Gasteiger partial charge in [0.25, 0.3) is 0 Å². The fraction of sp³-hybridized carbons (Fsp3) is 0.176. The minimum Gasteiger partial charge on any atom is -0.342 e. The molecule has 0 unspecified atom stereocenters. The molecule has 2 aromatic heterocycles. The summed E-state index contributed by atoms with van der Waals surface area (Å²) in [4.78, 5) is 16.8. The van der Waals surface area contributed by atoms with Crippen molar-refractivity contribution in [3.05, 3.63) is 76.5 Å². The van der Waals surface area contributed by atoms with Gasteiger partial charge in [0.05, 0.1) is 6.42 Å². The van der Waals surface area contributed by atoms with Crippen LogP contribution in [0.1, 0.15) is 23.0 Å². The monoisotopic (exact) mass is 311 g/mol. The van der Waals surface area contributed by atoms with E-state index in [-0.39, 0.29) is 11.9 Å². The van der Waals surface area contributed by atoms with Gasteiger partial charge in [-0.25, -0.2) is 4.98 Å². The van der Waals surface area contributed by atoms with Gasteiger partial charge in [-0.3, -0.25) is 4.79 Å². The number of hydrogen-bond donors (Lipinski definition) is 1. The summed E-state index contributed by atoms with van der Waals surface area (Å²) in [5.74, 6) is 0.820. The number of nitrogens with one attached hydrogen (secondary N) is 1. The Balaban J connectivity index is 1.83. The van der Waals surface area contributed by atoms with E-state index in [0.717, 1.165) is 17.0 Å². The first-order valence-corrected chi connectivity index (χ1v) is 8.01. The first kappa shape index (κ1) is 14.5. The molecular weight excluding hydrogens is 294 g/mol. The number of rotatable bonds is 5. The molecule has 2 heterocycles. The number of carbonyl (C=O) groups is 1. The molecule has 1 aromatic carbocycles. The van der Waals surface area contributed by atoms with Gasteiger partial charge in [-0.15, -0.1) is 0 Å². The Morgan fingerprint density at radius 1 is 1.32 bits per heavy atom. The van der Waals surface area contributed by atoms with Crippen molar-refractivity contribution < 1.29 is 4.79 Å². The van der Waals surface area contributed by atoms with Crippen molar-refractivity contribution in [2.24, 2.45) is 7.05 Å². The molecule has 0 radical (unpaired) electrons. The largest absolute Gasteiger partial charge is 0.342 e. The Bertz CT molecular complexity index is 734. The van der Waals surface area contributed by atoms with Crippen LogP contribution in [0.4, 0.5) is 0 Å². The standard InChI is InChI=1S/C17H17N3OS/c1-20-9-8-18-17(20)16(14-5-3-2-4-6-14)19-15(21)11-13-7-10-22-12-13/h2-10,12,16H,11H2,1H3,(H,19,21)/t16-/m0/s1. The Morgan fingerprint density at radius 2 is 2.14 bits per heavy atom. The lowest BCUT2D eigenvalue weighted by atomic mass is 10.1. The summed E-state index contributed by atoms with van der Waals surface area (Å²) in [5.41, 5.74) is 2.06. The highest BCUT2D eigenvalue weighted by Gasteiger charge is 2.20. The number of amides is 1. The first-order chi connectivity index (χ1) is 10.7. The minimum absolute atomic E-state index is 0.00440. The molecule has 0 fully saturated rings. The number of carbonyl (C=O) groups excluding carboxylic acids is 1. The number of hydrogen-bond acceptors (Lipinski definition) is 3. The van der Waals surface area contributed by atoms with E-state index in [2.05, 4.69) is 10.3 Å². The second kappa shape index (κ2) is 6.58. The minimum atomic E-state index is -0.243. The van der Waals surface area contributed by atoms with Crippen LogP contribution in [-0.4, -0.2) is 15.5 Å². The van der Waals surface area contributed by atoms with Gasteiger partial charge in [-0.2, -0.15) is 11.3 Å². The third-order valence-corrected chi connectivity index (χ3v) is 4.23. The molecule has 0 spiro atoms. The predicted molar refractivity (Wildman–Crippen MR) is 87.7 cm³/mol. The summed E-state index contributed by atoms with van der Waals surface area (Å²) in [7, 11) is 1.93. The molecular formula is C17H17N3OS. The molecule has 0 aliphatic rings. The number of thiophene rings is 1. The fourth-order valence-corrected chi connectivity index (χ4v) is 3.06. The van der Waals surface area contributed by atoms with Crippen LogP contribution in [0.15, 0.2) is 59.6 Å². The molecule has 5 heteroatoms. The van der Waals surface area contributed by atoms with Gasteiger partial charge in [0, 0.05) is 19.4 Å². The zero-order valence-electron chi connectivity index (χ0n) is 12.3. The Hall–Kier alpha value is -2.40. The topological polar surface area (TPSA) is 46.9 Å². The molecule has 22 heavy (non-hydrogen) atoms. The Kier molecular flexibility index (Phi) is 4.34. The lowest BCUT2D eigenvalue weighted by molar-refractivity contribution is -0.121. The predicted octanol–water partition coefficient (Wildman–Crippen LogP) is 2.93. The van der Waals surface area contributed by atoms with E-state index in [9.17, 15) is 4.79 Å². The van der Waals surface area contributed by atoms with E-state index in [1.165, 1.54) is 0 Å². The van der Waals surface area contributed by atoms with Crippen molar-refractivity contribution >= 4 is 17.2 Å². The van der Waals surface area contributed by atoms with Gasteiger partial charge in [-0.1, -0.05) is 30.3 Å². The van der Waals surface area contributed by atoms with E-state index in [4.69, 9.17) is 0 Å². The second-order valence-corrected chi connectivity index (χ2v) is 5.90. The van der Waals surface area contributed by atoms with E-state index in [1.807, 2.05) is 65.0 Å². The SMILES string of the molecule is Cn1ccnc1[C@@H](NC(=O)Cc1ccsc1)c1ccccc1. The van der Waals surface area contributed by atoms with Crippen LogP contribution in [0.25, 0.3) is 0 Å². The van der Waals surface area contributed by atoms with Gasteiger partial charge in [0.15, 0.2) is 0 Å². The molecule has 112 valence electrons. The van der Waals surface area contributed by atoms with Crippen LogP contribution in [0, 0.1) is 0 Å². The van der Waals surface area contributed by atoms with E-state index >= 15 is 0 Å². The van der Waals surface area contributed by atoms with Gasteiger partial charge in [-0.05, 0) is 28.0 Å². The summed E-state index contributed by atoms with van der Waals surface area (Å²) in [6.45, 7) is 0. The first-order valence-electron chi connectivity index (χ1n) is 7.06. The quantitative estimate of drug-likeness (QED) is 0.787. The molecule has 0 aliphatic carbocycles. The number of benzene rings is 1. The van der Waals surface area contributed by atoms with Gasteiger partial charge < -0.3 is 9.88 Å². The van der Waals surface area contributed by atoms with Crippen molar-refractivity contribution in [3.63, 3.8) is 0 Å². The highest BCUT2D eigenvalue weighted by molar-refractivity contribution is 7.07. The van der Waals surface area contributed by atoms with Crippen LogP contribution in [0.5, 0.6) is 0 Å². The number of nitrogens with zero attached hydrogens (tertiary/aromatic N) is 2. The highest BCUT2D eigenvalue weighted by atomic mass is 32.1. The van der Waals surface area contributed by atoms with Crippen molar-refractivity contribution in [1.82, 2.24) is 14.9 Å². The van der Waals surface area contributed by atoms with Gasteiger partial charge in [0.2, 0.25) is 5.91 Å². The lowest BCUT2D eigenvalue weighted by Gasteiger charge is -2.19. The molecule has 4 nitrogen and oxygen atoms in total. The number of aromatic nitrogens is 2. The molecule has 3 rings (SSSR count). The fourth-order valence-electron chi connectivity index (χ4n) is 2.39. The zero-order valence-corrected chi connectivity index (χ0v) is 13.1. The average Bonchev–Trinajstić information content (AvgIpc) is 3.17. The lowest BCUT2D eigenvalue weighted by Crippen LogP contribution is -2.32. The van der Waals surface area contributed by atoms with Crippen LogP contribution in [0.3, 0.4) is 0 Å². The van der Waals surface area contributed by atoms with Crippen molar-refractivity contribution in [2.45, 2.75) is 12.5 Å². The highest BCUT2D eigenvalue weighted by Crippen LogP contribution is 2.20. The van der Waals surface area contributed by atoms with E-state index in [0.29, 0.717) is 6.42 Å². The molecule has 0 saturated carbocycles. The smallest absolute Gasteiger partial charge is 0.225 e. The van der Waals surface area contributed by atoms with Crippen LogP contribution < -0.4 is 5.32 Å². The summed E-state index contributed by atoms with van der Waals surface area (Å²) < 4.78 is 1.93. The summed E-state index contributed by atoms with van der Waals surface area (Å²) >= 11 is 1.60. The molecule has 1 amide bonds. The normalized spacial score (nSPS) is 12.0. The maximum absolute atomic E-state index is 12.4. The third kappa shape index (κ3) is 3.26. The Labute approximate surface area is 133 Å². The van der Waals surface area contributed by atoms with Crippen molar-refractivity contribution in [1.29, 1.82) is 0 Å². The summed E-state index contributed by atoms with van der Waals surface area (Å²) in [6.07, 6.45) is 4.02. The van der Waals surface area contributed by atoms with Crippen LogP contribution in [0.2, 0.25) is 0 Å². The molecule has 3 aromatic rings. The average molecular weight is 311 g/mol. The summed E-state index contributed by atoms with van der Waals surface area (Å²) in [6, 6.07) is 11.6. The van der Waals surface area contributed by atoms with Crippen molar-refractivity contribution in [2.75, 3.05) is 0 Å². The molecule has 1 atom stereocenters. The van der Waals surface area contributed by atoms with E-state index in [1.54, 1.807) is 17.5 Å².